The Hall–Kier alpha value is -4.49. The van der Waals surface area contributed by atoms with Gasteiger partial charge in [-0.25, -0.2) is 19.3 Å². The highest BCUT2D eigenvalue weighted by atomic mass is 19.1. The third kappa shape index (κ3) is 7.65. The van der Waals surface area contributed by atoms with E-state index in [0.717, 1.165) is 5.56 Å². The highest BCUT2D eigenvalue weighted by Gasteiger charge is 2.40. The van der Waals surface area contributed by atoms with Crippen LogP contribution in [0.5, 0.6) is 5.88 Å². The van der Waals surface area contributed by atoms with Gasteiger partial charge in [0, 0.05) is 69.3 Å². The van der Waals surface area contributed by atoms with Crippen LogP contribution in [0.1, 0.15) is 45.7 Å². The number of halogens is 1. The lowest BCUT2D eigenvalue weighted by Crippen LogP contribution is -2.49. The van der Waals surface area contributed by atoms with E-state index < -0.39 is 11.9 Å². The van der Waals surface area contributed by atoms with Gasteiger partial charge in [0.05, 0.1) is 24.8 Å². The summed E-state index contributed by atoms with van der Waals surface area (Å²) in [6.07, 6.45) is 6.81. The summed E-state index contributed by atoms with van der Waals surface area (Å²) in [6, 6.07) is 10.3. The SMILES string of the molecule is O=C1N[C@@H]2C[C@@H](C(=O)N3CCC(CC3)CN(C(=O)c3ccccc3F)CCOCCOc3cccc1n3)N(Cc1cncnc1)C2. The molecule has 13 heteroatoms. The largest absolute Gasteiger partial charge is 0.475 e. The maximum Gasteiger partial charge on any atom is 0.270 e. The number of likely N-dealkylation sites (tertiary alicyclic amines) is 1. The first-order chi connectivity index (χ1) is 22.4. The highest BCUT2D eigenvalue weighted by Crippen LogP contribution is 2.26. The molecule has 4 aliphatic rings. The van der Waals surface area contributed by atoms with Crippen LogP contribution >= 0.6 is 0 Å². The van der Waals surface area contributed by atoms with Gasteiger partial charge in [-0.2, -0.15) is 0 Å². The number of carbonyl (C=O) groups is 3. The Balaban J connectivity index is 1.22. The van der Waals surface area contributed by atoms with Crippen molar-refractivity contribution >= 4 is 17.7 Å². The van der Waals surface area contributed by atoms with Crippen LogP contribution < -0.4 is 10.1 Å². The molecule has 12 nitrogen and oxygen atoms in total. The van der Waals surface area contributed by atoms with Crippen LogP contribution in [0.4, 0.5) is 4.39 Å². The van der Waals surface area contributed by atoms with Gasteiger partial charge in [-0.3, -0.25) is 19.3 Å². The summed E-state index contributed by atoms with van der Waals surface area (Å²) in [4.78, 5) is 58.9. The first kappa shape index (κ1) is 31.5. The van der Waals surface area contributed by atoms with Crippen molar-refractivity contribution in [1.29, 1.82) is 0 Å². The normalized spacial score (nSPS) is 23.4. The summed E-state index contributed by atoms with van der Waals surface area (Å²) in [5.74, 6) is -0.844. The second-order valence-corrected chi connectivity index (χ2v) is 11.9. The first-order valence-corrected chi connectivity index (χ1v) is 15.7. The van der Waals surface area contributed by atoms with Crippen LogP contribution in [0.3, 0.4) is 0 Å². The number of benzene rings is 1. The van der Waals surface area contributed by atoms with Gasteiger partial charge in [-0.1, -0.05) is 18.2 Å². The number of hydrogen-bond acceptors (Lipinski definition) is 9. The van der Waals surface area contributed by atoms with Gasteiger partial charge in [0.15, 0.2) is 0 Å². The third-order valence-electron chi connectivity index (χ3n) is 8.76. The average Bonchev–Trinajstić information content (AvgIpc) is 3.47. The molecule has 3 aromatic rings. The van der Waals surface area contributed by atoms with Crippen molar-refractivity contribution in [3.05, 3.63) is 83.8 Å². The molecule has 4 aliphatic heterocycles. The molecule has 3 amide bonds. The maximum absolute atomic E-state index is 14.6. The summed E-state index contributed by atoms with van der Waals surface area (Å²) >= 11 is 0. The lowest BCUT2D eigenvalue weighted by Gasteiger charge is -2.37. The minimum atomic E-state index is -0.561. The molecule has 2 saturated heterocycles. The number of nitrogens with zero attached hydrogens (tertiary/aromatic N) is 6. The van der Waals surface area contributed by atoms with Crippen LogP contribution in [-0.4, -0.2) is 112 Å². The van der Waals surface area contributed by atoms with E-state index in [2.05, 4.69) is 25.2 Å². The molecule has 0 saturated carbocycles. The van der Waals surface area contributed by atoms with Gasteiger partial charge in [-0.05, 0) is 43.4 Å². The number of hydrogen-bond donors (Lipinski definition) is 1. The topological polar surface area (TPSA) is 130 Å². The molecule has 242 valence electrons. The fraction of sp³-hybridized carbons (Fsp3) is 0.455. The minimum absolute atomic E-state index is 0.0131. The van der Waals surface area contributed by atoms with Crippen molar-refractivity contribution in [2.24, 2.45) is 5.92 Å². The summed E-state index contributed by atoms with van der Waals surface area (Å²) in [5, 5.41) is 3.07. The summed E-state index contributed by atoms with van der Waals surface area (Å²) in [5.41, 5.74) is 1.12. The summed E-state index contributed by atoms with van der Waals surface area (Å²) in [6.45, 7) is 3.43. The van der Waals surface area contributed by atoms with Crippen LogP contribution in [0.25, 0.3) is 0 Å². The zero-order valence-corrected chi connectivity index (χ0v) is 25.6. The molecule has 2 atom stereocenters. The van der Waals surface area contributed by atoms with E-state index >= 15 is 0 Å². The zero-order valence-electron chi connectivity index (χ0n) is 25.6. The van der Waals surface area contributed by atoms with E-state index in [1.54, 1.807) is 47.6 Å². The number of amides is 3. The number of nitrogens with one attached hydrogen (secondary N) is 1. The fourth-order valence-electron chi connectivity index (χ4n) is 6.39. The van der Waals surface area contributed by atoms with Gasteiger partial charge in [0.1, 0.15) is 24.4 Å². The monoisotopic (exact) mass is 631 g/mol. The van der Waals surface area contributed by atoms with Crippen molar-refractivity contribution in [1.82, 2.24) is 35.0 Å². The second kappa shape index (κ2) is 14.7. The number of aromatic nitrogens is 3. The van der Waals surface area contributed by atoms with E-state index in [4.69, 9.17) is 9.47 Å². The van der Waals surface area contributed by atoms with Crippen LogP contribution in [-0.2, 0) is 16.1 Å². The van der Waals surface area contributed by atoms with E-state index in [9.17, 15) is 18.8 Å². The molecule has 6 heterocycles. The predicted molar refractivity (Wildman–Crippen MR) is 164 cm³/mol. The molecule has 0 aliphatic carbocycles. The maximum atomic E-state index is 14.6. The molecule has 0 unspecified atom stereocenters. The van der Waals surface area contributed by atoms with Crippen molar-refractivity contribution in [3.8, 4) is 5.88 Å². The number of fused-ring (bicyclic) bond motifs is 10. The Labute approximate surface area is 266 Å². The molecule has 0 spiro atoms. The highest BCUT2D eigenvalue weighted by molar-refractivity contribution is 5.94. The van der Waals surface area contributed by atoms with Crippen molar-refractivity contribution in [2.75, 3.05) is 52.5 Å². The molecule has 1 N–H and O–H groups in total. The standard InChI is InChI=1S/C33H38FN7O5/c34-27-5-2-1-4-26(27)32(43)40-12-13-45-14-15-46-30-7-3-6-28(38-30)31(42)37-25-16-29(33(44)39-10-8-23(19-40)9-11-39)41(21-25)20-24-17-35-22-36-18-24/h1-7,17-18,22-23,25,29H,8-16,19-21H2,(H,37,42)/t25-,29+/m1/s1. The van der Waals surface area contributed by atoms with Crippen LogP contribution in [0, 0.1) is 11.7 Å². The second-order valence-electron chi connectivity index (χ2n) is 11.9. The zero-order chi connectivity index (χ0) is 31.9. The number of rotatable bonds is 3. The number of pyridine rings is 1. The smallest absolute Gasteiger partial charge is 0.270 e. The van der Waals surface area contributed by atoms with E-state index in [1.165, 1.54) is 18.5 Å². The van der Waals surface area contributed by atoms with Crippen molar-refractivity contribution in [2.45, 2.75) is 37.9 Å². The molecule has 2 fully saturated rings. The Kier molecular flexibility index (Phi) is 10.1. The van der Waals surface area contributed by atoms with Gasteiger partial charge < -0.3 is 24.6 Å². The summed E-state index contributed by atoms with van der Waals surface area (Å²) < 4.78 is 26.1. The lowest BCUT2D eigenvalue weighted by molar-refractivity contribution is -0.137. The van der Waals surface area contributed by atoms with Gasteiger partial charge in [0.2, 0.25) is 11.8 Å². The van der Waals surface area contributed by atoms with E-state index in [1.807, 2.05) is 4.90 Å². The quantitative estimate of drug-likeness (QED) is 0.433. The lowest BCUT2D eigenvalue weighted by atomic mass is 9.95. The van der Waals surface area contributed by atoms with Gasteiger partial charge in [-0.15, -0.1) is 0 Å². The number of ether oxygens (including phenoxy) is 2. The van der Waals surface area contributed by atoms with Crippen molar-refractivity contribution in [3.63, 3.8) is 0 Å². The van der Waals surface area contributed by atoms with E-state index in [-0.39, 0.29) is 73.2 Å². The molecular weight excluding hydrogens is 593 g/mol. The number of carbonyl (C=O) groups excluding carboxylic acids is 3. The average molecular weight is 632 g/mol. The van der Waals surface area contributed by atoms with Gasteiger partial charge >= 0.3 is 0 Å². The Morgan fingerprint density at radius 3 is 2.57 bits per heavy atom. The molecule has 1 aromatic carbocycles. The minimum Gasteiger partial charge on any atom is -0.475 e. The van der Waals surface area contributed by atoms with E-state index in [0.29, 0.717) is 52.0 Å². The Morgan fingerprint density at radius 2 is 1.76 bits per heavy atom. The number of piperidine rings is 1. The van der Waals surface area contributed by atoms with Gasteiger partial charge in [0.25, 0.3) is 11.8 Å². The Morgan fingerprint density at radius 1 is 0.957 bits per heavy atom. The van der Waals surface area contributed by atoms with Crippen molar-refractivity contribution < 1.29 is 28.2 Å². The first-order valence-electron chi connectivity index (χ1n) is 15.7. The molecule has 0 radical (unpaired) electrons. The molecule has 6 bridgehead atoms. The van der Waals surface area contributed by atoms with Crippen LogP contribution in [0.15, 0.2) is 61.2 Å². The Bertz CT molecular complexity index is 1520. The molecule has 2 aromatic heterocycles. The summed E-state index contributed by atoms with van der Waals surface area (Å²) in [7, 11) is 0. The molecule has 7 rings (SSSR count). The fourth-order valence-corrected chi connectivity index (χ4v) is 6.39. The predicted octanol–water partition coefficient (Wildman–Crippen LogP) is 2.17. The molecular formula is C33H38FN7O5. The van der Waals surface area contributed by atoms with Crippen LogP contribution in [0.2, 0.25) is 0 Å². The molecule has 46 heavy (non-hydrogen) atoms. The third-order valence-corrected chi connectivity index (χ3v) is 8.76.